The smallest absolute Gasteiger partial charge is 0.343 e. The molecule has 0 aliphatic heterocycles. The molecule has 0 spiro atoms. The minimum absolute atomic E-state index is 0.155. The Morgan fingerprint density at radius 2 is 1.19 bits per heavy atom. The lowest BCUT2D eigenvalue weighted by molar-refractivity contribution is 0.0733. The van der Waals surface area contributed by atoms with Gasteiger partial charge in [-0.25, -0.2) is 4.79 Å². The van der Waals surface area contributed by atoms with Gasteiger partial charge in [0.15, 0.2) is 0 Å². The van der Waals surface area contributed by atoms with Crippen LogP contribution in [0.5, 0.6) is 23.0 Å². The minimum Gasteiger partial charge on any atom is -0.487 e. The fourth-order valence-corrected chi connectivity index (χ4v) is 5.02. The van der Waals surface area contributed by atoms with E-state index in [1.807, 2.05) is 31.2 Å². The van der Waals surface area contributed by atoms with E-state index in [4.69, 9.17) is 14.2 Å². The zero-order chi connectivity index (χ0) is 31.1. The second kappa shape index (κ2) is 13.9. The largest absolute Gasteiger partial charge is 0.487 e. The SMILES string of the molecule is CCC(C)c1ccc(Oc2ccc(C(=O)Oc3ccc(C(C)c4ccc(OC(C)(CC)CC)c(C)c4)cc3C)cc2)cc1. The van der Waals surface area contributed by atoms with Gasteiger partial charge in [0.2, 0.25) is 0 Å². The second-order valence-electron chi connectivity index (χ2n) is 11.9. The normalized spacial score (nSPS) is 12.8. The lowest BCUT2D eigenvalue weighted by atomic mass is 9.91. The van der Waals surface area contributed by atoms with Gasteiger partial charge in [-0.2, -0.15) is 0 Å². The van der Waals surface area contributed by atoms with Crippen LogP contribution >= 0.6 is 0 Å². The predicted molar refractivity (Wildman–Crippen MR) is 176 cm³/mol. The van der Waals surface area contributed by atoms with Crippen molar-refractivity contribution < 1.29 is 19.0 Å². The Hall–Kier alpha value is -4.05. The van der Waals surface area contributed by atoms with Crippen molar-refractivity contribution in [3.63, 3.8) is 0 Å². The molecule has 4 aromatic carbocycles. The third-order valence-corrected chi connectivity index (χ3v) is 8.84. The highest BCUT2D eigenvalue weighted by atomic mass is 16.5. The Bertz CT molecular complexity index is 1510. The van der Waals surface area contributed by atoms with E-state index >= 15 is 0 Å². The molecule has 4 aromatic rings. The molecule has 0 aliphatic rings. The summed E-state index contributed by atoms with van der Waals surface area (Å²) in [6, 6.07) is 27.7. The molecule has 4 rings (SSSR count). The first-order chi connectivity index (χ1) is 20.6. The molecule has 4 heteroatoms. The fraction of sp³-hybridized carbons (Fsp3) is 0.359. The van der Waals surface area contributed by atoms with E-state index in [-0.39, 0.29) is 11.5 Å². The molecule has 0 aliphatic carbocycles. The molecular weight excluding hydrogens is 532 g/mol. The van der Waals surface area contributed by atoms with Crippen LogP contribution in [0.15, 0.2) is 84.9 Å². The molecule has 0 heterocycles. The number of esters is 1. The van der Waals surface area contributed by atoms with Gasteiger partial charge in [-0.15, -0.1) is 0 Å². The van der Waals surface area contributed by atoms with Crippen LogP contribution in [0, 0.1) is 13.8 Å². The molecule has 2 atom stereocenters. The van der Waals surface area contributed by atoms with Crippen LogP contribution in [0.3, 0.4) is 0 Å². The van der Waals surface area contributed by atoms with Crippen LogP contribution in [0.1, 0.15) is 111 Å². The first-order valence-electron chi connectivity index (χ1n) is 15.6. The Kier molecular flexibility index (Phi) is 10.3. The number of carbonyl (C=O) groups is 1. The van der Waals surface area contributed by atoms with Crippen molar-refractivity contribution in [1.29, 1.82) is 0 Å². The standard InChI is InChI=1S/C39H46O4/c1-9-26(4)30-12-18-34(19-13-30)41-35-20-14-31(15-21-35)38(40)42-36-22-16-32(24-27(36)5)29(7)33-17-23-37(28(6)25-33)43-39(8,10-2)11-3/h12-26,29H,9-11H2,1-8H3. The Morgan fingerprint density at radius 3 is 1.67 bits per heavy atom. The van der Waals surface area contributed by atoms with Gasteiger partial charge < -0.3 is 14.2 Å². The molecular formula is C39H46O4. The van der Waals surface area contributed by atoms with Gasteiger partial charge in [-0.05, 0) is 122 Å². The van der Waals surface area contributed by atoms with Gasteiger partial charge in [-0.3, -0.25) is 0 Å². The van der Waals surface area contributed by atoms with Gasteiger partial charge in [0.05, 0.1) is 5.56 Å². The summed E-state index contributed by atoms with van der Waals surface area (Å²) in [4.78, 5) is 12.9. The minimum atomic E-state index is -0.397. The van der Waals surface area contributed by atoms with Crippen LogP contribution < -0.4 is 14.2 Å². The van der Waals surface area contributed by atoms with E-state index in [0.29, 0.717) is 23.0 Å². The van der Waals surface area contributed by atoms with Crippen molar-refractivity contribution in [3.8, 4) is 23.0 Å². The maximum Gasteiger partial charge on any atom is 0.343 e. The summed E-state index contributed by atoms with van der Waals surface area (Å²) in [5.41, 5.74) is 6.04. The molecule has 43 heavy (non-hydrogen) atoms. The lowest BCUT2D eigenvalue weighted by Crippen LogP contribution is -2.30. The summed E-state index contributed by atoms with van der Waals surface area (Å²) in [7, 11) is 0. The number of aryl methyl sites for hydroxylation is 2. The predicted octanol–water partition coefficient (Wildman–Crippen LogP) is 10.9. The molecule has 0 N–H and O–H groups in total. The van der Waals surface area contributed by atoms with E-state index < -0.39 is 5.97 Å². The Morgan fingerprint density at radius 1 is 0.698 bits per heavy atom. The van der Waals surface area contributed by atoms with Gasteiger partial charge in [-0.1, -0.05) is 71.0 Å². The quantitative estimate of drug-likeness (QED) is 0.124. The zero-order valence-electron chi connectivity index (χ0n) is 27.0. The average Bonchev–Trinajstić information content (AvgIpc) is 3.02. The first kappa shape index (κ1) is 31.9. The monoisotopic (exact) mass is 578 g/mol. The van der Waals surface area contributed by atoms with Gasteiger partial charge in [0.25, 0.3) is 0 Å². The van der Waals surface area contributed by atoms with Crippen molar-refractivity contribution in [2.24, 2.45) is 0 Å². The fourth-order valence-electron chi connectivity index (χ4n) is 5.02. The van der Waals surface area contributed by atoms with E-state index in [1.54, 1.807) is 24.3 Å². The molecule has 0 saturated carbocycles. The second-order valence-corrected chi connectivity index (χ2v) is 11.9. The van der Waals surface area contributed by atoms with Crippen LogP contribution in [0.25, 0.3) is 0 Å². The summed E-state index contributed by atoms with van der Waals surface area (Å²) >= 11 is 0. The maximum absolute atomic E-state index is 12.9. The van der Waals surface area contributed by atoms with Gasteiger partial charge in [0.1, 0.15) is 28.6 Å². The molecule has 0 saturated heterocycles. The summed E-state index contributed by atoms with van der Waals surface area (Å²) in [6.07, 6.45) is 3.03. The van der Waals surface area contributed by atoms with Crippen LogP contribution in [0.4, 0.5) is 0 Å². The summed E-state index contributed by atoms with van der Waals surface area (Å²) < 4.78 is 18.1. The molecule has 226 valence electrons. The van der Waals surface area contributed by atoms with Crippen LogP contribution in [0.2, 0.25) is 0 Å². The number of ether oxygens (including phenoxy) is 3. The van der Waals surface area contributed by atoms with Crippen molar-refractivity contribution in [2.75, 3.05) is 0 Å². The molecule has 0 aromatic heterocycles. The van der Waals surface area contributed by atoms with Crippen molar-refractivity contribution >= 4 is 5.97 Å². The number of carbonyl (C=O) groups excluding carboxylic acids is 1. The molecule has 0 bridgehead atoms. The Labute approximate surface area is 258 Å². The van der Waals surface area contributed by atoms with Gasteiger partial charge >= 0.3 is 5.97 Å². The Balaban J connectivity index is 1.39. The van der Waals surface area contributed by atoms with E-state index in [0.717, 1.165) is 47.5 Å². The summed E-state index contributed by atoms with van der Waals surface area (Å²) in [6.45, 7) is 17.2. The zero-order valence-corrected chi connectivity index (χ0v) is 27.0. The third-order valence-electron chi connectivity index (χ3n) is 8.84. The third kappa shape index (κ3) is 7.87. The molecule has 0 radical (unpaired) electrons. The van der Waals surface area contributed by atoms with E-state index in [2.05, 4.69) is 84.9 Å². The summed E-state index contributed by atoms with van der Waals surface area (Å²) in [5, 5.41) is 0. The first-order valence-corrected chi connectivity index (χ1v) is 15.6. The highest BCUT2D eigenvalue weighted by Gasteiger charge is 2.23. The molecule has 0 amide bonds. The number of hydrogen-bond acceptors (Lipinski definition) is 4. The molecule has 2 unspecified atom stereocenters. The lowest BCUT2D eigenvalue weighted by Gasteiger charge is -2.29. The maximum atomic E-state index is 12.9. The highest BCUT2D eigenvalue weighted by Crippen LogP contribution is 2.33. The van der Waals surface area contributed by atoms with E-state index in [1.165, 1.54) is 11.1 Å². The topological polar surface area (TPSA) is 44.8 Å². The van der Waals surface area contributed by atoms with Gasteiger partial charge in [0, 0.05) is 5.92 Å². The van der Waals surface area contributed by atoms with Crippen molar-refractivity contribution in [2.45, 2.75) is 92.1 Å². The number of rotatable bonds is 12. The molecule has 0 fully saturated rings. The highest BCUT2D eigenvalue weighted by molar-refractivity contribution is 5.91. The summed E-state index contributed by atoms with van der Waals surface area (Å²) in [5.74, 6) is 3.23. The average molecular weight is 579 g/mol. The van der Waals surface area contributed by atoms with Crippen molar-refractivity contribution in [1.82, 2.24) is 0 Å². The van der Waals surface area contributed by atoms with Crippen LogP contribution in [-0.4, -0.2) is 11.6 Å². The van der Waals surface area contributed by atoms with Crippen LogP contribution in [-0.2, 0) is 0 Å². The molecule has 4 nitrogen and oxygen atoms in total. The van der Waals surface area contributed by atoms with Crippen molar-refractivity contribution in [3.05, 3.63) is 118 Å². The number of benzene rings is 4. The number of hydrogen-bond donors (Lipinski definition) is 0. The van der Waals surface area contributed by atoms with E-state index in [9.17, 15) is 4.79 Å².